The summed E-state index contributed by atoms with van der Waals surface area (Å²) in [5, 5.41) is 18.7. The molecule has 8 heteroatoms. The molecule has 0 aromatic carbocycles. The Balaban J connectivity index is 1.89. The molecular weight excluding hydrogens is 252 g/mol. The van der Waals surface area contributed by atoms with Gasteiger partial charge < -0.3 is 15.2 Å². The van der Waals surface area contributed by atoms with Crippen LogP contribution in [0.25, 0.3) is 0 Å². The number of aliphatic carboxylic acids is 1. The Morgan fingerprint density at radius 1 is 1.58 bits per heavy atom. The van der Waals surface area contributed by atoms with Crippen molar-refractivity contribution in [3.63, 3.8) is 0 Å². The van der Waals surface area contributed by atoms with Gasteiger partial charge in [-0.2, -0.15) is 0 Å². The fraction of sp³-hybridized carbons (Fsp3) is 0.636. The van der Waals surface area contributed by atoms with Crippen LogP contribution in [0.3, 0.4) is 0 Å². The quantitative estimate of drug-likeness (QED) is 0.756. The Bertz CT molecular complexity index is 473. The van der Waals surface area contributed by atoms with Gasteiger partial charge in [-0.15, -0.1) is 5.10 Å². The van der Waals surface area contributed by atoms with E-state index in [4.69, 9.17) is 9.84 Å². The molecule has 2 unspecified atom stereocenters. The molecule has 1 amide bonds. The predicted octanol–water partition coefficient (Wildman–Crippen LogP) is -0.340. The maximum atomic E-state index is 11.9. The number of carbonyl (C=O) groups is 2. The van der Waals surface area contributed by atoms with Crippen molar-refractivity contribution in [2.45, 2.75) is 38.0 Å². The molecular formula is C11H16N4O4. The lowest BCUT2D eigenvalue weighted by Gasteiger charge is -2.11. The second-order valence-corrected chi connectivity index (χ2v) is 4.54. The van der Waals surface area contributed by atoms with Crippen molar-refractivity contribution in [2.24, 2.45) is 0 Å². The molecule has 1 fully saturated rings. The molecule has 1 aliphatic rings. The van der Waals surface area contributed by atoms with Crippen LogP contribution in [-0.2, 0) is 16.1 Å². The molecule has 8 nitrogen and oxygen atoms in total. The number of hydrogen-bond donors (Lipinski definition) is 2. The molecule has 19 heavy (non-hydrogen) atoms. The fourth-order valence-electron chi connectivity index (χ4n) is 2.16. The summed E-state index contributed by atoms with van der Waals surface area (Å²) in [5.74, 6) is -1.37. The molecule has 0 radical (unpaired) electrons. The van der Waals surface area contributed by atoms with Crippen molar-refractivity contribution in [3.8, 4) is 0 Å². The lowest BCUT2D eigenvalue weighted by atomic mass is 10.2. The summed E-state index contributed by atoms with van der Waals surface area (Å²) in [4.78, 5) is 22.4. The van der Waals surface area contributed by atoms with Crippen molar-refractivity contribution in [2.75, 3.05) is 7.11 Å². The van der Waals surface area contributed by atoms with Gasteiger partial charge in [0, 0.05) is 13.2 Å². The van der Waals surface area contributed by atoms with E-state index in [1.165, 1.54) is 6.20 Å². The van der Waals surface area contributed by atoms with E-state index in [2.05, 4.69) is 15.6 Å². The number of carboxylic acids is 1. The van der Waals surface area contributed by atoms with Gasteiger partial charge in [0.05, 0.1) is 12.3 Å². The van der Waals surface area contributed by atoms with E-state index >= 15 is 0 Å². The van der Waals surface area contributed by atoms with E-state index in [0.29, 0.717) is 0 Å². The summed E-state index contributed by atoms with van der Waals surface area (Å²) in [6, 6.07) is 0.0714. The van der Waals surface area contributed by atoms with Crippen LogP contribution in [0.15, 0.2) is 6.20 Å². The van der Waals surface area contributed by atoms with Gasteiger partial charge in [0.1, 0.15) is 6.54 Å². The molecule has 0 bridgehead atoms. The number of rotatable bonds is 5. The van der Waals surface area contributed by atoms with Gasteiger partial charge in [0.25, 0.3) is 5.91 Å². The van der Waals surface area contributed by atoms with Crippen LogP contribution >= 0.6 is 0 Å². The van der Waals surface area contributed by atoms with Crippen molar-refractivity contribution in [1.82, 2.24) is 20.3 Å². The Kier molecular flexibility index (Phi) is 4.10. The number of hydrogen-bond acceptors (Lipinski definition) is 5. The van der Waals surface area contributed by atoms with Crippen LogP contribution in [-0.4, -0.2) is 51.2 Å². The molecule has 1 aliphatic carbocycles. The van der Waals surface area contributed by atoms with Crippen LogP contribution in [0.2, 0.25) is 0 Å². The van der Waals surface area contributed by atoms with Gasteiger partial charge in [-0.25, -0.2) is 4.68 Å². The summed E-state index contributed by atoms with van der Waals surface area (Å²) < 4.78 is 6.34. The van der Waals surface area contributed by atoms with Gasteiger partial charge in [-0.05, 0) is 19.3 Å². The topological polar surface area (TPSA) is 106 Å². The standard InChI is InChI=1S/C11H16N4O4/c1-19-8-3-2-7(4-8)12-11(18)9-5-15(14-13-9)6-10(16)17/h5,7-8H,2-4,6H2,1H3,(H,12,18)(H,16,17). The SMILES string of the molecule is COC1CCC(NC(=O)c2cn(CC(=O)O)nn2)C1. The monoisotopic (exact) mass is 268 g/mol. The van der Waals surface area contributed by atoms with Gasteiger partial charge in [0.2, 0.25) is 0 Å². The van der Waals surface area contributed by atoms with E-state index in [1.807, 2.05) is 0 Å². The number of nitrogens with one attached hydrogen (secondary N) is 1. The minimum Gasteiger partial charge on any atom is -0.480 e. The average Bonchev–Trinajstić information content (AvgIpc) is 2.97. The molecule has 1 heterocycles. The first kappa shape index (κ1) is 13.5. The van der Waals surface area contributed by atoms with E-state index in [-0.39, 0.29) is 30.3 Å². The second kappa shape index (κ2) is 5.79. The average molecular weight is 268 g/mol. The zero-order chi connectivity index (χ0) is 13.8. The van der Waals surface area contributed by atoms with E-state index in [1.54, 1.807) is 7.11 Å². The summed E-state index contributed by atoms with van der Waals surface area (Å²) in [6.07, 6.45) is 4.09. The minimum atomic E-state index is -1.03. The van der Waals surface area contributed by atoms with Crippen LogP contribution in [0.5, 0.6) is 0 Å². The number of carboxylic acid groups (broad SMARTS) is 1. The van der Waals surface area contributed by atoms with E-state index < -0.39 is 5.97 Å². The zero-order valence-electron chi connectivity index (χ0n) is 10.6. The maximum Gasteiger partial charge on any atom is 0.325 e. The second-order valence-electron chi connectivity index (χ2n) is 4.54. The summed E-state index contributed by atoms with van der Waals surface area (Å²) in [7, 11) is 1.66. The summed E-state index contributed by atoms with van der Waals surface area (Å²) >= 11 is 0. The molecule has 1 aromatic heterocycles. The normalized spacial score (nSPS) is 22.4. The van der Waals surface area contributed by atoms with Crippen LogP contribution in [0.4, 0.5) is 0 Å². The first-order valence-electron chi connectivity index (χ1n) is 6.04. The maximum absolute atomic E-state index is 11.9. The molecule has 2 atom stereocenters. The van der Waals surface area contributed by atoms with E-state index in [9.17, 15) is 9.59 Å². The highest BCUT2D eigenvalue weighted by Gasteiger charge is 2.26. The molecule has 2 N–H and O–H groups in total. The first-order valence-corrected chi connectivity index (χ1v) is 6.04. The molecule has 104 valence electrons. The largest absolute Gasteiger partial charge is 0.480 e. The van der Waals surface area contributed by atoms with Crippen molar-refractivity contribution in [1.29, 1.82) is 0 Å². The highest BCUT2D eigenvalue weighted by Crippen LogP contribution is 2.21. The third kappa shape index (κ3) is 3.50. The lowest BCUT2D eigenvalue weighted by molar-refractivity contribution is -0.137. The molecule has 0 aliphatic heterocycles. The highest BCUT2D eigenvalue weighted by atomic mass is 16.5. The van der Waals surface area contributed by atoms with Crippen molar-refractivity contribution >= 4 is 11.9 Å². The lowest BCUT2D eigenvalue weighted by Crippen LogP contribution is -2.33. The summed E-state index contributed by atoms with van der Waals surface area (Å²) in [5.41, 5.74) is 0.127. The number of carbonyl (C=O) groups excluding carboxylic acids is 1. The Morgan fingerprint density at radius 3 is 3.00 bits per heavy atom. The van der Waals surface area contributed by atoms with Crippen molar-refractivity contribution in [3.05, 3.63) is 11.9 Å². The zero-order valence-corrected chi connectivity index (χ0v) is 10.6. The molecule has 0 spiro atoms. The fourth-order valence-corrected chi connectivity index (χ4v) is 2.16. The highest BCUT2D eigenvalue weighted by molar-refractivity contribution is 5.92. The first-order chi connectivity index (χ1) is 9.08. The number of methoxy groups -OCH3 is 1. The van der Waals surface area contributed by atoms with E-state index in [0.717, 1.165) is 23.9 Å². The number of aromatic nitrogens is 3. The Hall–Kier alpha value is -1.96. The number of amides is 1. The van der Waals surface area contributed by atoms with Crippen molar-refractivity contribution < 1.29 is 19.4 Å². The predicted molar refractivity (Wildman–Crippen MR) is 63.6 cm³/mol. The molecule has 1 saturated carbocycles. The van der Waals surface area contributed by atoms with Gasteiger partial charge >= 0.3 is 5.97 Å². The van der Waals surface area contributed by atoms with Crippen LogP contribution in [0.1, 0.15) is 29.8 Å². The van der Waals surface area contributed by atoms with Gasteiger partial charge in [-0.1, -0.05) is 5.21 Å². The Morgan fingerprint density at radius 2 is 2.37 bits per heavy atom. The van der Waals surface area contributed by atoms with Gasteiger partial charge in [0.15, 0.2) is 5.69 Å². The molecule has 2 rings (SSSR count). The Labute approximate surface area is 109 Å². The number of ether oxygens (including phenoxy) is 1. The molecule has 0 saturated heterocycles. The van der Waals surface area contributed by atoms with Crippen LogP contribution < -0.4 is 5.32 Å². The minimum absolute atomic E-state index is 0.0714. The third-order valence-corrected chi connectivity index (χ3v) is 3.12. The molecule has 1 aromatic rings. The third-order valence-electron chi connectivity index (χ3n) is 3.12. The number of nitrogens with zero attached hydrogens (tertiary/aromatic N) is 3. The van der Waals surface area contributed by atoms with Crippen LogP contribution in [0, 0.1) is 0 Å². The van der Waals surface area contributed by atoms with Gasteiger partial charge in [-0.3, -0.25) is 9.59 Å². The smallest absolute Gasteiger partial charge is 0.325 e. The summed E-state index contributed by atoms with van der Waals surface area (Å²) in [6.45, 7) is -0.310.